The van der Waals surface area contributed by atoms with Crippen LogP contribution >= 0.6 is 23.2 Å². The molecule has 2 aromatic rings. The van der Waals surface area contributed by atoms with Crippen LogP contribution in [0.5, 0.6) is 5.75 Å². The van der Waals surface area contributed by atoms with Crippen LogP contribution in [0.25, 0.3) is 0 Å². The Morgan fingerprint density at radius 3 is 2.88 bits per heavy atom. The molecule has 1 N–H and O–H groups in total. The van der Waals surface area contributed by atoms with Crippen LogP contribution in [0.3, 0.4) is 0 Å². The van der Waals surface area contributed by atoms with Gasteiger partial charge in [-0.1, -0.05) is 29.3 Å². The monoisotopic (exact) mass is 379 g/mol. The molecule has 1 aromatic carbocycles. The molecule has 0 spiro atoms. The normalized spacial score (nSPS) is 14.6. The van der Waals surface area contributed by atoms with Gasteiger partial charge in [0.05, 0.1) is 10.7 Å². The van der Waals surface area contributed by atoms with E-state index in [0.717, 1.165) is 5.56 Å². The number of aryl methyl sites for hydroxylation is 1. The molecule has 0 aliphatic carbocycles. The Balaban J connectivity index is 1.87. The first-order valence-electron chi connectivity index (χ1n) is 7.56. The van der Waals surface area contributed by atoms with Gasteiger partial charge in [0.1, 0.15) is 17.3 Å². The first-order chi connectivity index (χ1) is 11.9. The standard InChI is InChI=1S/C17H15Cl2N3O3/c1-9-6-7-20-16-15(9)21-13(23)8-22(16)17(24)10(2)25-12-5-3-4-11(18)14(12)19/h3-7,10H,8H2,1-2H3,(H,21,23). The summed E-state index contributed by atoms with van der Waals surface area (Å²) >= 11 is 12.1. The van der Waals surface area contributed by atoms with Crippen molar-refractivity contribution in [3.8, 4) is 5.75 Å². The molecule has 25 heavy (non-hydrogen) atoms. The van der Waals surface area contributed by atoms with Crippen LogP contribution < -0.4 is 15.0 Å². The molecule has 0 radical (unpaired) electrons. The fraction of sp³-hybridized carbons (Fsp3) is 0.235. The fourth-order valence-corrected chi connectivity index (χ4v) is 2.85. The van der Waals surface area contributed by atoms with Gasteiger partial charge in [-0.3, -0.25) is 14.5 Å². The number of rotatable bonds is 3. The molecule has 1 aliphatic heterocycles. The number of ether oxygens (including phenoxy) is 1. The lowest BCUT2D eigenvalue weighted by atomic mass is 10.1. The summed E-state index contributed by atoms with van der Waals surface area (Å²) in [6.45, 7) is 3.29. The van der Waals surface area contributed by atoms with Crippen LogP contribution in [0.15, 0.2) is 30.5 Å². The topological polar surface area (TPSA) is 71.5 Å². The van der Waals surface area contributed by atoms with Crippen LogP contribution in [0, 0.1) is 6.92 Å². The van der Waals surface area contributed by atoms with Crippen molar-refractivity contribution >= 4 is 46.5 Å². The maximum atomic E-state index is 12.8. The van der Waals surface area contributed by atoms with Crippen LogP contribution in [-0.2, 0) is 9.59 Å². The minimum absolute atomic E-state index is 0.126. The number of carbonyl (C=O) groups excluding carboxylic acids is 2. The molecular weight excluding hydrogens is 365 g/mol. The molecule has 130 valence electrons. The summed E-state index contributed by atoms with van der Waals surface area (Å²) in [5.41, 5.74) is 1.35. The Morgan fingerprint density at radius 1 is 1.36 bits per heavy atom. The van der Waals surface area contributed by atoms with E-state index >= 15 is 0 Å². The molecule has 2 amide bonds. The van der Waals surface area contributed by atoms with Gasteiger partial charge in [-0.05, 0) is 37.6 Å². The van der Waals surface area contributed by atoms with Crippen molar-refractivity contribution in [3.05, 3.63) is 46.1 Å². The molecule has 1 atom stereocenters. The van der Waals surface area contributed by atoms with Crippen LogP contribution in [0.2, 0.25) is 10.0 Å². The molecule has 1 aliphatic rings. The summed E-state index contributed by atoms with van der Waals surface area (Å²) in [6, 6.07) is 6.69. The summed E-state index contributed by atoms with van der Waals surface area (Å²) < 4.78 is 5.65. The number of benzene rings is 1. The first kappa shape index (κ1) is 17.5. The fourth-order valence-electron chi connectivity index (χ4n) is 2.52. The summed E-state index contributed by atoms with van der Waals surface area (Å²) in [5.74, 6) is 0.0151. The highest BCUT2D eigenvalue weighted by molar-refractivity contribution is 6.42. The van der Waals surface area contributed by atoms with Gasteiger partial charge in [0.25, 0.3) is 5.91 Å². The van der Waals surface area contributed by atoms with E-state index in [4.69, 9.17) is 27.9 Å². The van der Waals surface area contributed by atoms with Crippen molar-refractivity contribution in [1.29, 1.82) is 0 Å². The number of carbonyl (C=O) groups is 2. The highest BCUT2D eigenvalue weighted by atomic mass is 35.5. The Morgan fingerprint density at radius 2 is 2.12 bits per heavy atom. The van der Waals surface area contributed by atoms with E-state index in [2.05, 4.69) is 10.3 Å². The number of hydrogen-bond acceptors (Lipinski definition) is 4. The SMILES string of the molecule is Cc1ccnc2c1NC(=O)CN2C(=O)C(C)Oc1cccc(Cl)c1Cl. The number of aromatic nitrogens is 1. The second kappa shape index (κ2) is 6.90. The molecule has 0 fully saturated rings. The molecule has 8 heteroatoms. The summed E-state index contributed by atoms with van der Waals surface area (Å²) in [4.78, 5) is 30.3. The molecule has 0 saturated carbocycles. The number of amides is 2. The van der Waals surface area contributed by atoms with E-state index < -0.39 is 12.0 Å². The average Bonchev–Trinajstić information content (AvgIpc) is 2.58. The van der Waals surface area contributed by atoms with Crippen molar-refractivity contribution in [2.45, 2.75) is 20.0 Å². The van der Waals surface area contributed by atoms with Crippen LogP contribution in [0.1, 0.15) is 12.5 Å². The largest absolute Gasteiger partial charge is 0.479 e. The predicted molar refractivity (Wildman–Crippen MR) is 96.5 cm³/mol. The lowest BCUT2D eigenvalue weighted by Gasteiger charge is -2.30. The van der Waals surface area contributed by atoms with Crippen LogP contribution in [0.4, 0.5) is 11.5 Å². The zero-order valence-electron chi connectivity index (χ0n) is 13.5. The van der Waals surface area contributed by atoms with Gasteiger partial charge in [0, 0.05) is 6.20 Å². The van der Waals surface area contributed by atoms with Gasteiger partial charge < -0.3 is 10.1 Å². The lowest BCUT2D eigenvalue weighted by Crippen LogP contribution is -2.48. The van der Waals surface area contributed by atoms with E-state index in [-0.39, 0.29) is 17.5 Å². The van der Waals surface area contributed by atoms with Gasteiger partial charge in [0.15, 0.2) is 11.9 Å². The van der Waals surface area contributed by atoms with Gasteiger partial charge >= 0.3 is 0 Å². The minimum atomic E-state index is -0.878. The highest BCUT2D eigenvalue weighted by Gasteiger charge is 2.32. The maximum absolute atomic E-state index is 12.8. The molecule has 0 saturated heterocycles. The summed E-state index contributed by atoms with van der Waals surface area (Å²) in [6.07, 6.45) is 0.711. The molecule has 2 heterocycles. The number of halogens is 2. The molecule has 3 rings (SSSR count). The predicted octanol–water partition coefficient (Wildman–Crippen LogP) is 3.45. The molecule has 1 aromatic heterocycles. The first-order valence-corrected chi connectivity index (χ1v) is 8.31. The second-order valence-electron chi connectivity index (χ2n) is 5.61. The van der Waals surface area contributed by atoms with Crippen molar-refractivity contribution < 1.29 is 14.3 Å². The third-order valence-corrected chi connectivity index (χ3v) is 4.60. The number of anilines is 2. The molecule has 0 bridgehead atoms. The minimum Gasteiger partial charge on any atom is -0.479 e. The Labute approximate surface area is 154 Å². The molecule has 6 nitrogen and oxygen atoms in total. The number of hydrogen-bond donors (Lipinski definition) is 1. The van der Waals surface area contributed by atoms with Gasteiger partial charge in [-0.2, -0.15) is 0 Å². The van der Waals surface area contributed by atoms with Crippen molar-refractivity contribution in [3.63, 3.8) is 0 Å². The van der Waals surface area contributed by atoms with E-state index in [0.29, 0.717) is 22.3 Å². The number of nitrogens with one attached hydrogen (secondary N) is 1. The number of nitrogens with zero attached hydrogens (tertiary/aromatic N) is 2. The number of pyridine rings is 1. The molecule has 1 unspecified atom stereocenters. The summed E-state index contributed by atoms with van der Waals surface area (Å²) in [7, 11) is 0. The van der Waals surface area contributed by atoms with Gasteiger partial charge in [-0.15, -0.1) is 0 Å². The zero-order chi connectivity index (χ0) is 18.1. The van der Waals surface area contributed by atoms with E-state index in [1.807, 2.05) is 6.92 Å². The van der Waals surface area contributed by atoms with Crippen LogP contribution in [-0.4, -0.2) is 29.4 Å². The van der Waals surface area contributed by atoms with Gasteiger partial charge in [0.2, 0.25) is 5.91 Å². The third kappa shape index (κ3) is 3.41. The van der Waals surface area contributed by atoms with Gasteiger partial charge in [-0.25, -0.2) is 4.98 Å². The quantitative estimate of drug-likeness (QED) is 0.886. The van der Waals surface area contributed by atoms with Crippen molar-refractivity contribution in [1.82, 2.24) is 4.98 Å². The smallest absolute Gasteiger partial charge is 0.269 e. The zero-order valence-corrected chi connectivity index (χ0v) is 15.1. The van der Waals surface area contributed by atoms with E-state index in [9.17, 15) is 9.59 Å². The summed E-state index contributed by atoms with van der Waals surface area (Å²) in [5, 5.41) is 3.31. The molecular formula is C17H15Cl2N3O3. The average molecular weight is 380 g/mol. The Kier molecular flexibility index (Phi) is 4.83. The van der Waals surface area contributed by atoms with Crippen molar-refractivity contribution in [2.24, 2.45) is 0 Å². The maximum Gasteiger partial charge on any atom is 0.269 e. The number of fused-ring (bicyclic) bond motifs is 1. The van der Waals surface area contributed by atoms with Crippen molar-refractivity contribution in [2.75, 3.05) is 16.8 Å². The Bertz CT molecular complexity index is 857. The third-order valence-electron chi connectivity index (χ3n) is 3.79. The lowest BCUT2D eigenvalue weighted by molar-refractivity contribution is -0.126. The highest BCUT2D eigenvalue weighted by Crippen LogP contribution is 2.33. The Hall–Kier alpha value is -2.31. The van der Waals surface area contributed by atoms with E-state index in [1.54, 1.807) is 37.4 Å². The second-order valence-corrected chi connectivity index (χ2v) is 6.40. The van der Waals surface area contributed by atoms with E-state index in [1.165, 1.54) is 4.90 Å².